The Morgan fingerprint density at radius 2 is 1.75 bits per heavy atom. The zero-order chi connectivity index (χ0) is 19.6. The van der Waals surface area contributed by atoms with E-state index >= 15 is 0 Å². The third-order valence-electron chi connectivity index (χ3n) is 9.91. The van der Waals surface area contributed by atoms with Gasteiger partial charge < -0.3 is 5.11 Å². The Balaban J connectivity index is 1.36. The lowest BCUT2D eigenvalue weighted by Crippen LogP contribution is -2.56. The standard InChI is InChI=1S/C26H36O2/c1-24-14-15-26(28,16-18-6-4-3-5-7-18)17-19(24)8-9-20-21-10-11-23(27)25(21,2)13-12-22(20)24/h3-7,19-22,28H,8-17H2,1-2H3/t19?,20-,21-,22-,24-,25-,26+/m0/s1. The van der Waals surface area contributed by atoms with Gasteiger partial charge in [0.2, 0.25) is 0 Å². The average Bonchev–Trinajstić information content (AvgIpc) is 2.98. The van der Waals surface area contributed by atoms with Crippen LogP contribution >= 0.6 is 0 Å². The van der Waals surface area contributed by atoms with Crippen molar-refractivity contribution in [3.63, 3.8) is 0 Å². The van der Waals surface area contributed by atoms with Crippen molar-refractivity contribution in [3.05, 3.63) is 35.9 Å². The second-order valence-electron chi connectivity index (χ2n) is 11.2. The number of fused-ring (bicyclic) bond motifs is 5. The highest BCUT2D eigenvalue weighted by Crippen LogP contribution is 2.66. The molecule has 152 valence electrons. The normalized spacial score (nSPS) is 47.9. The zero-order valence-electron chi connectivity index (χ0n) is 17.6. The van der Waals surface area contributed by atoms with Crippen molar-refractivity contribution in [2.45, 2.75) is 83.7 Å². The summed E-state index contributed by atoms with van der Waals surface area (Å²) >= 11 is 0. The molecule has 7 atom stereocenters. The average molecular weight is 381 g/mol. The molecule has 1 aromatic carbocycles. The quantitative estimate of drug-likeness (QED) is 0.728. The van der Waals surface area contributed by atoms with E-state index in [1.807, 2.05) is 0 Å². The molecule has 0 amide bonds. The minimum Gasteiger partial charge on any atom is -0.390 e. The van der Waals surface area contributed by atoms with Crippen molar-refractivity contribution in [2.24, 2.45) is 34.5 Å². The Morgan fingerprint density at radius 3 is 2.54 bits per heavy atom. The number of carbonyl (C=O) groups is 1. The molecule has 0 radical (unpaired) electrons. The highest BCUT2D eigenvalue weighted by Gasteiger charge is 2.61. The van der Waals surface area contributed by atoms with Crippen molar-refractivity contribution >= 4 is 5.78 Å². The van der Waals surface area contributed by atoms with Gasteiger partial charge in [-0.15, -0.1) is 0 Å². The van der Waals surface area contributed by atoms with Gasteiger partial charge in [-0.25, -0.2) is 0 Å². The maximum Gasteiger partial charge on any atom is 0.139 e. The monoisotopic (exact) mass is 380 g/mol. The van der Waals surface area contributed by atoms with Gasteiger partial charge in [0, 0.05) is 18.3 Å². The van der Waals surface area contributed by atoms with Gasteiger partial charge in [-0.1, -0.05) is 44.2 Å². The molecule has 5 rings (SSSR count). The van der Waals surface area contributed by atoms with Gasteiger partial charge in [0.15, 0.2) is 0 Å². The van der Waals surface area contributed by atoms with E-state index in [9.17, 15) is 9.90 Å². The maximum atomic E-state index is 12.6. The summed E-state index contributed by atoms with van der Waals surface area (Å²) in [4.78, 5) is 12.6. The molecule has 4 saturated carbocycles. The third kappa shape index (κ3) is 2.74. The van der Waals surface area contributed by atoms with Gasteiger partial charge >= 0.3 is 0 Å². The molecular formula is C26H36O2. The van der Waals surface area contributed by atoms with Gasteiger partial charge in [-0.3, -0.25) is 4.79 Å². The van der Waals surface area contributed by atoms with Gasteiger partial charge in [0.25, 0.3) is 0 Å². The molecule has 0 bridgehead atoms. The van der Waals surface area contributed by atoms with Crippen molar-refractivity contribution in [2.75, 3.05) is 0 Å². The van der Waals surface area contributed by atoms with E-state index in [2.05, 4.69) is 44.2 Å². The number of carbonyl (C=O) groups excluding carboxylic acids is 1. The zero-order valence-corrected chi connectivity index (χ0v) is 17.6. The molecule has 0 heterocycles. The summed E-state index contributed by atoms with van der Waals surface area (Å²) in [6.07, 6.45) is 10.7. The summed E-state index contributed by atoms with van der Waals surface area (Å²) in [5.74, 6) is 3.31. The van der Waals surface area contributed by atoms with Crippen LogP contribution in [0, 0.1) is 34.5 Å². The van der Waals surface area contributed by atoms with Gasteiger partial charge in [-0.2, -0.15) is 0 Å². The summed E-state index contributed by atoms with van der Waals surface area (Å²) in [6, 6.07) is 10.5. The fraction of sp³-hybridized carbons (Fsp3) is 0.731. The molecule has 0 aromatic heterocycles. The minimum absolute atomic E-state index is 0.0208. The van der Waals surface area contributed by atoms with E-state index in [1.54, 1.807) is 0 Å². The molecule has 4 fully saturated rings. The lowest BCUT2D eigenvalue weighted by molar-refractivity contribution is -0.153. The first kappa shape index (κ1) is 18.9. The molecule has 2 nitrogen and oxygen atoms in total. The van der Waals surface area contributed by atoms with Crippen LogP contribution < -0.4 is 0 Å². The summed E-state index contributed by atoms with van der Waals surface area (Å²) < 4.78 is 0. The molecule has 28 heavy (non-hydrogen) atoms. The molecular weight excluding hydrogens is 344 g/mol. The van der Waals surface area contributed by atoms with Crippen LogP contribution in [-0.2, 0) is 11.2 Å². The number of hydrogen-bond acceptors (Lipinski definition) is 2. The number of aliphatic hydroxyl groups is 1. The molecule has 2 heteroatoms. The van der Waals surface area contributed by atoms with Crippen molar-refractivity contribution in [1.29, 1.82) is 0 Å². The van der Waals surface area contributed by atoms with Crippen molar-refractivity contribution < 1.29 is 9.90 Å². The van der Waals surface area contributed by atoms with E-state index in [4.69, 9.17) is 0 Å². The Bertz CT molecular complexity index is 757. The predicted octanol–water partition coefficient (Wildman–Crippen LogP) is 5.57. The van der Waals surface area contributed by atoms with Gasteiger partial charge in [0.05, 0.1) is 5.60 Å². The SMILES string of the molecule is C[C@]12CC[C@@](O)(Cc3ccccc3)CC1CC[C@@H]1[C@@H]2CC[C@]2(C)C(=O)CC[C@@H]12. The van der Waals surface area contributed by atoms with Crippen LogP contribution in [0.4, 0.5) is 0 Å². The molecule has 1 unspecified atom stereocenters. The summed E-state index contributed by atoms with van der Waals surface area (Å²) in [5.41, 5.74) is 1.07. The van der Waals surface area contributed by atoms with Crippen molar-refractivity contribution in [3.8, 4) is 0 Å². The molecule has 0 spiro atoms. The number of benzene rings is 1. The van der Waals surface area contributed by atoms with Crippen LogP contribution in [0.25, 0.3) is 0 Å². The molecule has 0 aliphatic heterocycles. The predicted molar refractivity (Wildman–Crippen MR) is 112 cm³/mol. The van der Waals surface area contributed by atoms with E-state index in [0.29, 0.717) is 23.0 Å². The highest BCUT2D eigenvalue weighted by atomic mass is 16.3. The van der Waals surface area contributed by atoms with E-state index < -0.39 is 5.60 Å². The van der Waals surface area contributed by atoms with Gasteiger partial charge in [0.1, 0.15) is 5.78 Å². The number of rotatable bonds is 2. The van der Waals surface area contributed by atoms with E-state index in [1.165, 1.54) is 24.8 Å². The molecule has 0 saturated heterocycles. The number of Topliss-reactive ketones (excluding diaryl/α,β-unsaturated/α-hetero) is 1. The fourth-order valence-electron chi connectivity index (χ4n) is 8.23. The van der Waals surface area contributed by atoms with Gasteiger partial charge in [-0.05, 0) is 86.0 Å². The van der Waals surface area contributed by atoms with Crippen LogP contribution in [0.3, 0.4) is 0 Å². The molecule has 4 aliphatic rings. The van der Waals surface area contributed by atoms with Crippen LogP contribution in [0.15, 0.2) is 30.3 Å². The first-order chi connectivity index (χ1) is 13.3. The number of ketones is 1. The summed E-state index contributed by atoms with van der Waals surface area (Å²) in [7, 11) is 0. The Morgan fingerprint density at radius 1 is 0.964 bits per heavy atom. The third-order valence-corrected chi connectivity index (χ3v) is 9.91. The fourth-order valence-corrected chi connectivity index (χ4v) is 8.23. The van der Waals surface area contributed by atoms with Crippen LogP contribution in [0.1, 0.15) is 77.2 Å². The Hall–Kier alpha value is -1.15. The largest absolute Gasteiger partial charge is 0.390 e. The Labute approximate surface area is 170 Å². The van der Waals surface area contributed by atoms with Crippen LogP contribution in [0.2, 0.25) is 0 Å². The van der Waals surface area contributed by atoms with E-state index in [-0.39, 0.29) is 5.41 Å². The topological polar surface area (TPSA) is 37.3 Å². The molecule has 1 aromatic rings. The van der Waals surface area contributed by atoms with Crippen LogP contribution in [-0.4, -0.2) is 16.5 Å². The molecule has 4 aliphatic carbocycles. The smallest absolute Gasteiger partial charge is 0.139 e. The summed E-state index contributed by atoms with van der Waals surface area (Å²) in [5, 5.41) is 11.5. The van der Waals surface area contributed by atoms with Crippen LogP contribution in [0.5, 0.6) is 0 Å². The van der Waals surface area contributed by atoms with E-state index in [0.717, 1.165) is 56.8 Å². The van der Waals surface area contributed by atoms with Crippen molar-refractivity contribution in [1.82, 2.24) is 0 Å². The second-order valence-corrected chi connectivity index (χ2v) is 11.2. The Kier molecular flexibility index (Phi) is 4.32. The lowest BCUT2D eigenvalue weighted by Gasteiger charge is -2.61. The highest BCUT2D eigenvalue weighted by molar-refractivity contribution is 5.87. The first-order valence-corrected chi connectivity index (χ1v) is 11.6. The second kappa shape index (κ2) is 6.42. The number of hydrogen-bond donors (Lipinski definition) is 1. The maximum absolute atomic E-state index is 12.6. The lowest BCUT2D eigenvalue weighted by atomic mass is 9.44. The minimum atomic E-state index is -0.537. The first-order valence-electron chi connectivity index (χ1n) is 11.6. The molecule has 1 N–H and O–H groups in total. The summed E-state index contributed by atoms with van der Waals surface area (Å²) in [6.45, 7) is 4.81.